The number of rotatable bonds is 6. The Hall–Kier alpha value is 0.259. The zero-order valence-electron chi connectivity index (χ0n) is 7.62. The number of allylic oxidation sites excluding steroid dienone is 1. The molecule has 0 atom stereocenters. The molecule has 0 aromatic rings. The van der Waals surface area contributed by atoms with Gasteiger partial charge in [0.15, 0.2) is 0 Å². The molecule has 0 radical (unpaired) electrons. The third kappa shape index (κ3) is 10.3. The largest absolute Gasteiger partial charge is 1.00 e. The fourth-order valence-corrected chi connectivity index (χ4v) is 0.956. The Kier molecular flexibility index (Phi) is 12.9. The van der Waals surface area contributed by atoms with Gasteiger partial charge in [0.2, 0.25) is 0 Å². The van der Waals surface area contributed by atoms with E-state index in [2.05, 4.69) is 13.8 Å². The molecule has 0 spiro atoms. The first kappa shape index (κ1) is 13.8. The van der Waals surface area contributed by atoms with E-state index >= 15 is 0 Å². The second kappa shape index (κ2) is 10.3. The summed E-state index contributed by atoms with van der Waals surface area (Å²) in [7, 11) is 0. The van der Waals surface area contributed by atoms with Crippen LogP contribution in [0.1, 0.15) is 52.4 Å². The molecule has 0 aliphatic rings. The minimum absolute atomic E-state index is 0. The smallest absolute Gasteiger partial charge is 0.514 e. The van der Waals surface area contributed by atoms with Crippen LogP contribution in [0.2, 0.25) is 0 Å². The van der Waals surface area contributed by atoms with Crippen LogP contribution in [-0.4, -0.2) is 0 Å². The van der Waals surface area contributed by atoms with Gasteiger partial charge in [0.1, 0.15) is 0 Å². The zero-order chi connectivity index (χ0) is 7.82. The molecule has 0 heterocycles. The van der Waals surface area contributed by atoms with E-state index in [0.717, 1.165) is 18.4 Å². The van der Waals surface area contributed by atoms with Crippen LogP contribution in [0.25, 0.3) is 0 Å². The van der Waals surface area contributed by atoms with Crippen LogP contribution in [0.3, 0.4) is 0 Å². The van der Waals surface area contributed by atoms with Crippen LogP contribution in [0.5, 0.6) is 0 Å². The van der Waals surface area contributed by atoms with Gasteiger partial charge in [-0.1, -0.05) is 52.4 Å². The number of hydrogen-bond acceptors (Lipinski definition) is 0. The van der Waals surface area contributed by atoms with Gasteiger partial charge in [0.25, 0.3) is 0 Å². The van der Waals surface area contributed by atoms with Gasteiger partial charge in [-0.2, -0.15) is 0 Å². The van der Waals surface area contributed by atoms with Gasteiger partial charge in [-0.05, 0) is 0 Å². The van der Waals surface area contributed by atoms with Crippen LogP contribution in [0.4, 0.5) is 0 Å². The molecule has 0 aromatic heterocycles. The molecule has 0 saturated heterocycles. The van der Waals surface area contributed by atoms with Crippen molar-refractivity contribution in [3.8, 4) is 0 Å². The summed E-state index contributed by atoms with van der Waals surface area (Å²) in [4.78, 5) is 0. The standard InChI is InChI=1S/C10H19.Cu/c1-4-6-7-8-9-10(3)5-2;/h3H,4-9H2,1-2H3;/q-1;+1. The third-order valence-electron chi connectivity index (χ3n) is 1.81. The topological polar surface area (TPSA) is 0 Å². The Labute approximate surface area is 81.9 Å². The average Bonchev–Trinajstić information content (AvgIpc) is 1.98. The Morgan fingerprint density at radius 2 is 1.73 bits per heavy atom. The van der Waals surface area contributed by atoms with E-state index in [1.807, 2.05) is 0 Å². The summed E-state index contributed by atoms with van der Waals surface area (Å²) >= 11 is 0. The maximum Gasteiger partial charge on any atom is 1.00 e. The molecular formula is C10H19Cu. The summed E-state index contributed by atoms with van der Waals surface area (Å²) < 4.78 is 0. The van der Waals surface area contributed by atoms with Gasteiger partial charge in [-0.15, -0.1) is 0 Å². The van der Waals surface area contributed by atoms with Crippen LogP contribution in [-0.2, 0) is 17.1 Å². The maximum atomic E-state index is 5.67. The maximum absolute atomic E-state index is 5.67. The van der Waals surface area contributed by atoms with E-state index in [1.54, 1.807) is 0 Å². The van der Waals surface area contributed by atoms with Gasteiger partial charge in [0.05, 0.1) is 0 Å². The molecule has 1 heteroatoms. The molecule has 0 unspecified atom stereocenters. The molecule has 0 rings (SSSR count). The summed E-state index contributed by atoms with van der Waals surface area (Å²) in [5.74, 6) is 0. The SMILES string of the molecule is [CH-]=C(CC)CCCCCC.[Cu+]. The minimum Gasteiger partial charge on any atom is -0.514 e. The molecule has 11 heavy (non-hydrogen) atoms. The van der Waals surface area contributed by atoms with Gasteiger partial charge in [-0.3, -0.25) is 5.57 Å². The zero-order valence-corrected chi connectivity index (χ0v) is 8.56. The molecule has 0 amide bonds. The van der Waals surface area contributed by atoms with Crippen LogP contribution in [0.15, 0.2) is 5.57 Å². The fraction of sp³-hybridized carbons (Fsp3) is 0.800. The van der Waals surface area contributed by atoms with Crippen LogP contribution >= 0.6 is 0 Å². The van der Waals surface area contributed by atoms with Gasteiger partial charge < -0.3 is 6.58 Å². The fourth-order valence-electron chi connectivity index (χ4n) is 0.956. The Morgan fingerprint density at radius 3 is 2.18 bits per heavy atom. The van der Waals surface area contributed by atoms with Crippen molar-refractivity contribution in [2.75, 3.05) is 0 Å². The van der Waals surface area contributed by atoms with Crippen molar-refractivity contribution in [1.82, 2.24) is 0 Å². The van der Waals surface area contributed by atoms with Crippen molar-refractivity contribution in [1.29, 1.82) is 0 Å². The second-order valence-electron chi connectivity index (χ2n) is 2.82. The average molecular weight is 203 g/mol. The molecule has 0 bridgehead atoms. The van der Waals surface area contributed by atoms with Crippen LogP contribution < -0.4 is 0 Å². The van der Waals surface area contributed by atoms with Gasteiger partial charge in [0, 0.05) is 0 Å². The Balaban J connectivity index is 0. The molecule has 0 N–H and O–H groups in total. The van der Waals surface area contributed by atoms with Crippen molar-refractivity contribution in [2.45, 2.75) is 52.4 Å². The first-order chi connectivity index (χ1) is 4.81. The van der Waals surface area contributed by atoms with E-state index in [4.69, 9.17) is 6.58 Å². The first-order valence-corrected chi connectivity index (χ1v) is 4.41. The third-order valence-corrected chi connectivity index (χ3v) is 1.81. The Bertz CT molecular complexity index is 86.9. The molecule has 0 saturated carbocycles. The summed E-state index contributed by atoms with van der Waals surface area (Å²) in [6.45, 7) is 10.0. The summed E-state index contributed by atoms with van der Waals surface area (Å²) in [5.41, 5.74) is 1.16. The summed E-state index contributed by atoms with van der Waals surface area (Å²) in [6.07, 6.45) is 7.48. The van der Waals surface area contributed by atoms with Crippen molar-refractivity contribution in [3.05, 3.63) is 12.2 Å². The molecule has 0 aromatic carbocycles. The Morgan fingerprint density at radius 1 is 1.09 bits per heavy atom. The minimum atomic E-state index is 0. The van der Waals surface area contributed by atoms with Gasteiger partial charge in [-0.25, -0.2) is 0 Å². The summed E-state index contributed by atoms with van der Waals surface area (Å²) in [5, 5.41) is 0. The van der Waals surface area contributed by atoms with E-state index in [1.165, 1.54) is 25.7 Å². The van der Waals surface area contributed by atoms with E-state index < -0.39 is 0 Å². The van der Waals surface area contributed by atoms with Crippen molar-refractivity contribution in [2.24, 2.45) is 0 Å². The van der Waals surface area contributed by atoms with E-state index in [-0.39, 0.29) is 17.1 Å². The monoisotopic (exact) mass is 202 g/mol. The van der Waals surface area contributed by atoms with Crippen LogP contribution in [0, 0.1) is 6.58 Å². The normalized spacial score (nSPS) is 8.91. The first-order valence-electron chi connectivity index (χ1n) is 4.41. The molecule has 0 aliphatic carbocycles. The summed E-state index contributed by atoms with van der Waals surface area (Å²) in [6, 6.07) is 0. The number of unbranched alkanes of at least 4 members (excludes halogenated alkanes) is 3. The van der Waals surface area contributed by atoms with Crippen molar-refractivity contribution >= 4 is 0 Å². The second-order valence-corrected chi connectivity index (χ2v) is 2.82. The quantitative estimate of drug-likeness (QED) is 0.350. The molecule has 70 valence electrons. The molecule has 0 nitrogen and oxygen atoms in total. The van der Waals surface area contributed by atoms with Crippen molar-refractivity contribution in [3.63, 3.8) is 0 Å². The molecule has 0 fully saturated rings. The number of hydrogen-bond donors (Lipinski definition) is 0. The van der Waals surface area contributed by atoms with Crippen molar-refractivity contribution < 1.29 is 17.1 Å². The van der Waals surface area contributed by atoms with Gasteiger partial charge >= 0.3 is 17.1 Å². The van der Waals surface area contributed by atoms with E-state index in [0.29, 0.717) is 0 Å². The predicted molar refractivity (Wildman–Crippen MR) is 46.9 cm³/mol. The predicted octanol–water partition coefficient (Wildman–Crippen LogP) is 3.72. The molecule has 0 aliphatic heterocycles. The molecular weight excluding hydrogens is 184 g/mol. The van der Waals surface area contributed by atoms with E-state index in [9.17, 15) is 0 Å².